The molecular weight excluding hydrogens is 781 g/mol. The molecule has 0 N–H and O–H groups in total. The van der Waals surface area contributed by atoms with Crippen molar-refractivity contribution in [2.75, 3.05) is 13.2 Å². The van der Waals surface area contributed by atoms with Crippen LogP contribution in [0, 0.1) is 0 Å². The number of rotatable bonds is 49. The predicted octanol–water partition coefficient (Wildman–Crippen LogP) is 17.9. The van der Waals surface area contributed by atoms with Crippen LogP contribution >= 0.6 is 0 Å². The van der Waals surface area contributed by atoms with Gasteiger partial charge in [0.25, 0.3) is 0 Å². The van der Waals surface area contributed by atoms with Crippen LogP contribution in [-0.2, 0) is 28.6 Å². The Kier molecular flexibility index (Phi) is 49.8. The standard InChI is InChI=1S/C57H102O6/c1-4-7-10-13-16-19-22-25-27-28-30-33-36-39-42-45-48-51-57(60)63-54(52-61-55(58)49-46-43-40-37-34-31-24-21-18-15-12-9-6-3)53-62-56(59)50-47-44-41-38-35-32-29-26-23-20-17-14-11-8-5-2/h7,10,16,19,25,27,30,33,54H,4-6,8-9,11-15,17-18,20-24,26,28-29,31-32,34-53H2,1-3H3/b10-7-,19-16-,27-25-,33-30-/t54-/m0/s1. The van der Waals surface area contributed by atoms with Crippen molar-refractivity contribution in [1.29, 1.82) is 0 Å². The summed E-state index contributed by atoms with van der Waals surface area (Å²) in [6.45, 7) is 6.53. The van der Waals surface area contributed by atoms with Gasteiger partial charge in [-0.25, -0.2) is 0 Å². The van der Waals surface area contributed by atoms with Gasteiger partial charge >= 0.3 is 17.9 Å². The van der Waals surface area contributed by atoms with Crippen molar-refractivity contribution < 1.29 is 28.6 Å². The van der Waals surface area contributed by atoms with E-state index in [-0.39, 0.29) is 31.1 Å². The molecule has 63 heavy (non-hydrogen) atoms. The van der Waals surface area contributed by atoms with Gasteiger partial charge in [-0.05, 0) is 57.8 Å². The first kappa shape index (κ1) is 60.4. The van der Waals surface area contributed by atoms with Crippen LogP contribution in [0.2, 0.25) is 0 Å². The lowest BCUT2D eigenvalue weighted by molar-refractivity contribution is -0.167. The summed E-state index contributed by atoms with van der Waals surface area (Å²) < 4.78 is 16.8. The van der Waals surface area contributed by atoms with E-state index in [2.05, 4.69) is 69.4 Å². The Morgan fingerprint density at radius 1 is 0.333 bits per heavy atom. The second-order valence-electron chi connectivity index (χ2n) is 18.1. The van der Waals surface area contributed by atoms with E-state index < -0.39 is 6.10 Å². The number of carbonyl (C=O) groups is 3. The summed E-state index contributed by atoms with van der Waals surface area (Å²) in [7, 11) is 0. The van der Waals surface area contributed by atoms with Gasteiger partial charge in [0.1, 0.15) is 13.2 Å². The Balaban J connectivity index is 4.39. The van der Waals surface area contributed by atoms with Crippen LogP contribution in [0.25, 0.3) is 0 Å². The molecular formula is C57H102O6. The fourth-order valence-corrected chi connectivity index (χ4v) is 7.79. The first-order valence-corrected chi connectivity index (χ1v) is 27.1. The van der Waals surface area contributed by atoms with E-state index in [4.69, 9.17) is 14.2 Å². The van der Waals surface area contributed by atoms with E-state index in [0.717, 1.165) is 96.3 Å². The SMILES string of the molecule is CC/C=C\C/C=C\C/C=C\C/C=C\CCCCCCC(=O)O[C@@H](COC(=O)CCCCCCCCCCCCCCC)COC(=O)CCCCCCCCCCCCCCCCC. The lowest BCUT2D eigenvalue weighted by Crippen LogP contribution is -2.30. The molecule has 0 heterocycles. The molecule has 0 fully saturated rings. The molecule has 0 rings (SSSR count). The van der Waals surface area contributed by atoms with Gasteiger partial charge in [-0.15, -0.1) is 0 Å². The van der Waals surface area contributed by atoms with Crippen LogP contribution in [0.1, 0.15) is 278 Å². The first-order valence-electron chi connectivity index (χ1n) is 27.1. The van der Waals surface area contributed by atoms with E-state index in [1.807, 2.05) is 0 Å². The maximum absolute atomic E-state index is 12.8. The summed E-state index contributed by atoms with van der Waals surface area (Å²) >= 11 is 0. The zero-order chi connectivity index (χ0) is 45.8. The van der Waals surface area contributed by atoms with Gasteiger partial charge in [0.15, 0.2) is 6.10 Å². The summed E-state index contributed by atoms with van der Waals surface area (Å²) in [6.07, 6.45) is 62.3. The molecule has 6 heteroatoms. The lowest BCUT2D eigenvalue weighted by atomic mass is 10.0. The maximum atomic E-state index is 12.8. The Bertz CT molecular complexity index is 1110. The molecule has 0 aliphatic rings. The summed E-state index contributed by atoms with van der Waals surface area (Å²) in [4.78, 5) is 38.0. The number of allylic oxidation sites excluding steroid dienone is 8. The highest BCUT2D eigenvalue weighted by Gasteiger charge is 2.19. The quantitative estimate of drug-likeness (QED) is 0.0262. The molecule has 6 nitrogen and oxygen atoms in total. The molecule has 0 aliphatic carbocycles. The second kappa shape index (κ2) is 52.0. The predicted molar refractivity (Wildman–Crippen MR) is 270 cm³/mol. The Labute approximate surface area is 390 Å². The van der Waals surface area contributed by atoms with Crippen molar-refractivity contribution in [3.63, 3.8) is 0 Å². The van der Waals surface area contributed by atoms with Crippen LogP contribution in [0.4, 0.5) is 0 Å². The average molecular weight is 883 g/mol. The van der Waals surface area contributed by atoms with Crippen LogP contribution in [-0.4, -0.2) is 37.2 Å². The van der Waals surface area contributed by atoms with Gasteiger partial charge in [0, 0.05) is 19.3 Å². The smallest absolute Gasteiger partial charge is 0.306 e. The van der Waals surface area contributed by atoms with Crippen molar-refractivity contribution >= 4 is 17.9 Å². The summed E-state index contributed by atoms with van der Waals surface area (Å²) in [5.74, 6) is -0.890. The third-order valence-electron chi connectivity index (χ3n) is 11.8. The summed E-state index contributed by atoms with van der Waals surface area (Å²) in [5, 5.41) is 0. The van der Waals surface area contributed by atoms with E-state index >= 15 is 0 Å². The van der Waals surface area contributed by atoms with E-state index in [9.17, 15) is 14.4 Å². The fourth-order valence-electron chi connectivity index (χ4n) is 7.79. The molecule has 1 atom stereocenters. The molecule has 0 aliphatic heterocycles. The lowest BCUT2D eigenvalue weighted by Gasteiger charge is -2.18. The van der Waals surface area contributed by atoms with Crippen LogP contribution < -0.4 is 0 Å². The van der Waals surface area contributed by atoms with Gasteiger partial charge in [-0.1, -0.05) is 249 Å². The van der Waals surface area contributed by atoms with Gasteiger partial charge < -0.3 is 14.2 Å². The zero-order valence-corrected chi connectivity index (χ0v) is 41.8. The number of esters is 3. The van der Waals surface area contributed by atoms with E-state index in [1.54, 1.807) is 0 Å². The largest absolute Gasteiger partial charge is 0.462 e. The Hall–Kier alpha value is -2.63. The molecule has 0 saturated carbocycles. The number of ether oxygens (including phenoxy) is 3. The summed E-state index contributed by atoms with van der Waals surface area (Å²) in [5.41, 5.74) is 0. The summed E-state index contributed by atoms with van der Waals surface area (Å²) in [6, 6.07) is 0. The first-order chi connectivity index (χ1) is 31.0. The van der Waals surface area contributed by atoms with Crippen LogP contribution in [0.5, 0.6) is 0 Å². The van der Waals surface area contributed by atoms with Crippen molar-refractivity contribution in [3.8, 4) is 0 Å². The molecule has 0 amide bonds. The van der Waals surface area contributed by atoms with Gasteiger partial charge in [-0.2, -0.15) is 0 Å². The normalized spacial score (nSPS) is 12.4. The average Bonchev–Trinajstić information content (AvgIpc) is 3.28. The fraction of sp³-hybridized carbons (Fsp3) is 0.807. The van der Waals surface area contributed by atoms with Crippen molar-refractivity contribution in [1.82, 2.24) is 0 Å². The second-order valence-corrected chi connectivity index (χ2v) is 18.1. The minimum Gasteiger partial charge on any atom is -0.462 e. The third kappa shape index (κ3) is 50.2. The van der Waals surface area contributed by atoms with Crippen molar-refractivity contribution in [2.24, 2.45) is 0 Å². The molecule has 0 unspecified atom stereocenters. The molecule has 0 saturated heterocycles. The molecule has 0 aromatic heterocycles. The monoisotopic (exact) mass is 883 g/mol. The minimum absolute atomic E-state index is 0.0792. The zero-order valence-electron chi connectivity index (χ0n) is 41.8. The van der Waals surface area contributed by atoms with Crippen LogP contribution in [0.3, 0.4) is 0 Å². The number of hydrogen-bond acceptors (Lipinski definition) is 6. The van der Waals surface area contributed by atoms with E-state index in [0.29, 0.717) is 19.3 Å². The Morgan fingerprint density at radius 3 is 0.968 bits per heavy atom. The van der Waals surface area contributed by atoms with E-state index in [1.165, 1.54) is 141 Å². The van der Waals surface area contributed by atoms with Crippen molar-refractivity contribution in [3.05, 3.63) is 48.6 Å². The van der Waals surface area contributed by atoms with Crippen molar-refractivity contribution in [2.45, 2.75) is 284 Å². The highest BCUT2D eigenvalue weighted by molar-refractivity contribution is 5.71. The minimum atomic E-state index is -0.781. The molecule has 0 aromatic rings. The number of carbonyl (C=O) groups excluding carboxylic acids is 3. The highest BCUT2D eigenvalue weighted by atomic mass is 16.6. The number of unbranched alkanes of at least 4 members (excludes halogenated alkanes) is 30. The maximum Gasteiger partial charge on any atom is 0.306 e. The third-order valence-corrected chi connectivity index (χ3v) is 11.8. The Morgan fingerprint density at radius 2 is 0.619 bits per heavy atom. The van der Waals surface area contributed by atoms with Gasteiger partial charge in [0.05, 0.1) is 0 Å². The highest BCUT2D eigenvalue weighted by Crippen LogP contribution is 2.16. The molecule has 0 spiro atoms. The molecule has 0 aromatic carbocycles. The van der Waals surface area contributed by atoms with Crippen LogP contribution in [0.15, 0.2) is 48.6 Å². The van der Waals surface area contributed by atoms with Gasteiger partial charge in [0.2, 0.25) is 0 Å². The molecule has 366 valence electrons. The van der Waals surface area contributed by atoms with Gasteiger partial charge in [-0.3, -0.25) is 14.4 Å². The topological polar surface area (TPSA) is 78.9 Å². The number of hydrogen-bond donors (Lipinski definition) is 0. The molecule has 0 radical (unpaired) electrons. The molecule has 0 bridgehead atoms.